The van der Waals surface area contributed by atoms with Crippen LogP contribution in [0.15, 0.2) is 52.1 Å². The molecule has 0 aliphatic carbocycles. The van der Waals surface area contributed by atoms with Gasteiger partial charge in [0.2, 0.25) is 11.8 Å². The summed E-state index contributed by atoms with van der Waals surface area (Å²) in [4.78, 5) is 41.1. The Kier molecular flexibility index (Phi) is 4.68. The van der Waals surface area contributed by atoms with Crippen LogP contribution < -0.4 is 10.0 Å². The fourth-order valence-corrected chi connectivity index (χ4v) is 3.85. The van der Waals surface area contributed by atoms with Crippen molar-refractivity contribution in [2.24, 2.45) is 0 Å². The molecule has 6 nitrogen and oxygen atoms in total. The van der Waals surface area contributed by atoms with Crippen molar-refractivity contribution in [3.05, 3.63) is 52.6 Å². The molecule has 1 aliphatic rings. The number of aromatic carboxylic acids is 1. The Hall–Kier alpha value is -2.19. The summed E-state index contributed by atoms with van der Waals surface area (Å²) >= 11 is 4.27. The summed E-state index contributed by atoms with van der Waals surface area (Å²) in [6.07, 6.45) is 1.42. The van der Waals surface area contributed by atoms with Gasteiger partial charge in [0, 0.05) is 22.7 Å². The van der Waals surface area contributed by atoms with Crippen LogP contribution in [0.5, 0.6) is 0 Å². The number of pyridine rings is 1. The maximum Gasteiger partial charge on any atom is 0.247 e. The molecule has 0 radical (unpaired) electrons. The molecule has 0 spiro atoms. The van der Waals surface area contributed by atoms with Gasteiger partial charge in [0.15, 0.2) is 0 Å². The zero-order chi connectivity index (χ0) is 17.3. The number of halogens is 1. The highest BCUT2D eigenvalue weighted by Crippen LogP contribution is 2.34. The van der Waals surface area contributed by atoms with Gasteiger partial charge in [0.05, 0.1) is 16.9 Å². The van der Waals surface area contributed by atoms with E-state index in [-0.39, 0.29) is 22.9 Å². The molecule has 1 aromatic heterocycles. The molecule has 2 aromatic rings. The van der Waals surface area contributed by atoms with Crippen LogP contribution in [0.3, 0.4) is 0 Å². The molecule has 3 rings (SSSR count). The van der Waals surface area contributed by atoms with Crippen LogP contribution in [0.25, 0.3) is 0 Å². The van der Waals surface area contributed by atoms with Gasteiger partial charge in [-0.15, -0.1) is 0 Å². The van der Waals surface area contributed by atoms with Gasteiger partial charge in [-0.3, -0.25) is 9.59 Å². The SMILES string of the molecule is O=C([O-])c1cccnc1S[C@H]1CC(=O)N(c2cccc(Br)c2)C1=O. The minimum absolute atomic E-state index is 0.0148. The second-order valence-electron chi connectivity index (χ2n) is 5.00. The number of hydrogen-bond donors (Lipinski definition) is 0. The van der Waals surface area contributed by atoms with E-state index in [1.807, 2.05) is 0 Å². The van der Waals surface area contributed by atoms with Crippen molar-refractivity contribution in [1.29, 1.82) is 0 Å². The zero-order valence-corrected chi connectivity index (χ0v) is 14.5. The number of carbonyl (C=O) groups is 3. The number of thioether (sulfide) groups is 1. The number of nitrogens with zero attached hydrogens (tertiary/aromatic N) is 2. The molecule has 0 unspecified atom stereocenters. The highest BCUT2D eigenvalue weighted by molar-refractivity contribution is 9.10. The minimum atomic E-state index is -1.37. The quantitative estimate of drug-likeness (QED) is 0.717. The van der Waals surface area contributed by atoms with E-state index in [0.29, 0.717) is 5.69 Å². The van der Waals surface area contributed by atoms with Crippen LogP contribution in [-0.4, -0.2) is 28.0 Å². The molecule has 2 heterocycles. The fourth-order valence-electron chi connectivity index (χ4n) is 2.36. The highest BCUT2D eigenvalue weighted by atomic mass is 79.9. The number of aromatic nitrogens is 1. The molecule has 2 amide bonds. The van der Waals surface area contributed by atoms with Crippen LogP contribution in [0.2, 0.25) is 0 Å². The van der Waals surface area contributed by atoms with Gasteiger partial charge in [-0.2, -0.15) is 0 Å². The largest absolute Gasteiger partial charge is 0.545 e. The molecule has 1 fully saturated rings. The number of imide groups is 1. The van der Waals surface area contributed by atoms with Crippen LogP contribution in [0.1, 0.15) is 16.8 Å². The van der Waals surface area contributed by atoms with Gasteiger partial charge in [0.1, 0.15) is 5.03 Å². The second kappa shape index (κ2) is 6.74. The van der Waals surface area contributed by atoms with Crippen molar-refractivity contribution < 1.29 is 19.5 Å². The lowest BCUT2D eigenvalue weighted by molar-refractivity contribution is -0.255. The Morgan fingerprint density at radius 2 is 2.08 bits per heavy atom. The molecular weight excluding hydrogens is 396 g/mol. The third kappa shape index (κ3) is 3.20. The summed E-state index contributed by atoms with van der Waals surface area (Å²) in [7, 11) is 0. The van der Waals surface area contributed by atoms with E-state index < -0.39 is 17.1 Å². The van der Waals surface area contributed by atoms with Gasteiger partial charge in [0.25, 0.3) is 0 Å². The smallest absolute Gasteiger partial charge is 0.247 e. The molecule has 122 valence electrons. The lowest BCUT2D eigenvalue weighted by atomic mass is 10.3. The lowest BCUT2D eigenvalue weighted by Crippen LogP contribution is -2.31. The number of anilines is 1. The second-order valence-corrected chi connectivity index (χ2v) is 7.11. The van der Waals surface area contributed by atoms with Gasteiger partial charge in [-0.05, 0) is 30.3 Å². The summed E-state index contributed by atoms with van der Waals surface area (Å²) in [5.74, 6) is -2.09. The average molecular weight is 406 g/mol. The van der Waals surface area contributed by atoms with Crippen molar-refractivity contribution >= 4 is 51.2 Å². The van der Waals surface area contributed by atoms with Crippen LogP contribution in [0.4, 0.5) is 5.69 Å². The summed E-state index contributed by atoms with van der Waals surface area (Å²) in [5, 5.41) is 10.6. The van der Waals surface area contributed by atoms with Gasteiger partial charge < -0.3 is 9.90 Å². The predicted octanol–water partition coefficient (Wildman–Crippen LogP) is 1.63. The monoisotopic (exact) mass is 405 g/mol. The van der Waals surface area contributed by atoms with Gasteiger partial charge >= 0.3 is 0 Å². The first kappa shape index (κ1) is 16.7. The van der Waals surface area contributed by atoms with Crippen molar-refractivity contribution in [3.8, 4) is 0 Å². The Labute approximate surface area is 150 Å². The van der Waals surface area contributed by atoms with E-state index in [0.717, 1.165) is 21.1 Å². The van der Waals surface area contributed by atoms with Crippen LogP contribution in [0, 0.1) is 0 Å². The summed E-state index contributed by atoms with van der Waals surface area (Å²) in [6, 6.07) is 9.70. The normalized spacial score (nSPS) is 17.4. The Morgan fingerprint density at radius 3 is 2.79 bits per heavy atom. The molecule has 1 saturated heterocycles. The third-order valence-electron chi connectivity index (χ3n) is 3.42. The number of hydrogen-bond acceptors (Lipinski definition) is 6. The topological polar surface area (TPSA) is 90.4 Å². The first-order chi connectivity index (χ1) is 11.5. The standard InChI is InChI=1S/C16H11BrN2O4S/c17-9-3-1-4-10(7-9)19-13(20)8-12(15(19)21)24-14-11(16(22)23)5-2-6-18-14/h1-7,12H,8H2,(H,22,23)/p-1/t12-/m0/s1. The Bertz CT molecular complexity index is 842. The lowest BCUT2D eigenvalue weighted by Gasteiger charge is -2.15. The molecular formula is C16H10BrN2O4S-. The number of rotatable bonds is 4. The summed E-state index contributed by atoms with van der Waals surface area (Å²) < 4.78 is 0.751. The van der Waals surface area contributed by atoms with E-state index >= 15 is 0 Å². The van der Waals surface area contributed by atoms with Crippen molar-refractivity contribution in [1.82, 2.24) is 4.98 Å². The van der Waals surface area contributed by atoms with Crippen molar-refractivity contribution in [2.75, 3.05) is 4.90 Å². The Morgan fingerprint density at radius 1 is 1.29 bits per heavy atom. The van der Waals surface area contributed by atoms with Crippen molar-refractivity contribution in [3.63, 3.8) is 0 Å². The molecule has 1 atom stereocenters. The molecule has 1 aliphatic heterocycles. The average Bonchev–Trinajstić information content (AvgIpc) is 2.81. The van der Waals surface area contributed by atoms with Crippen molar-refractivity contribution in [2.45, 2.75) is 16.7 Å². The predicted molar refractivity (Wildman–Crippen MR) is 89.5 cm³/mol. The molecule has 8 heteroatoms. The van der Waals surface area contributed by atoms with E-state index in [4.69, 9.17) is 0 Å². The molecule has 0 bridgehead atoms. The van der Waals surface area contributed by atoms with E-state index in [1.165, 1.54) is 18.3 Å². The molecule has 1 aromatic carbocycles. The first-order valence-electron chi connectivity index (χ1n) is 6.93. The third-order valence-corrected chi connectivity index (χ3v) is 5.11. The number of carboxylic acids is 1. The molecule has 24 heavy (non-hydrogen) atoms. The first-order valence-corrected chi connectivity index (χ1v) is 8.60. The van der Waals surface area contributed by atoms with E-state index in [1.54, 1.807) is 24.3 Å². The fraction of sp³-hybridized carbons (Fsp3) is 0.125. The minimum Gasteiger partial charge on any atom is -0.545 e. The number of carboxylic acid groups (broad SMARTS) is 1. The van der Waals surface area contributed by atoms with Gasteiger partial charge in [-0.1, -0.05) is 33.8 Å². The summed E-state index contributed by atoms with van der Waals surface area (Å²) in [5.41, 5.74) is 0.382. The van der Waals surface area contributed by atoms with Gasteiger partial charge in [-0.25, -0.2) is 9.88 Å². The number of benzene rings is 1. The van der Waals surface area contributed by atoms with E-state index in [2.05, 4.69) is 20.9 Å². The summed E-state index contributed by atoms with van der Waals surface area (Å²) in [6.45, 7) is 0. The molecule has 0 N–H and O–H groups in total. The Balaban J connectivity index is 1.86. The maximum atomic E-state index is 12.6. The van der Waals surface area contributed by atoms with Crippen LogP contribution >= 0.6 is 27.7 Å². The maximum absolute atomic E-state index is 12.6. The number of amides is 2. The highest BCUT2D eigenvalue weighted by Gasteiger charge is 2.40. The van der Waals surface area contributed by atoms with E-state index in [9.17, 15) is 19.5 Å². The zero-order valence-electron chi connectivity index (χ0n) is 12.1. The van der Waals surface area contributed by atoms with Crippen LogP contribution in [-0.2, 0) is 9.59 Å². The number of carbonyl (C=O) groups excluding carboxylic acids is 3. The molecule has 0 saturated carbocycles.